The Kier molecular flexibility index (Phi) is 5.80. The number of rotatable bonds is 6. The van der Waals surface area contributed by atoms with Crippen molar-refractivity contribution in [2.75, 3.05) is 20.8 Å². The van der Waals surface area contributed by atoms with Crippen LogP contribution in [-0.2, 0) is 16.1 Å². The van der Waals surface area contributed by atoms with Crippen LogP contribution < -0.4 is 9.54 Å². The summed E-state index contributed by atoms with van der Waals surface area (Å²) in [7, 11) is 3.29. The molecule has 0 aliphatic heterocycles. The van der Waals surface area contributed by atoms with Crippen molar-refractivity contribution in [1.29, 1.82) is 0 Å². The number of aromatic nitrogens is 1. The highest BCUT2D eigenvalue weighted by Crippen LogP contribution is 2.27. The van der Waals surface area contributed by atoms with Crippen LogP contribution >= 0.6 is 22.7 Å². The predicted molar refractivity (Wildman–Crippen MR) is 102 cm³/mol. The van der Waals surface area contributed by atoms with Crippen LogP contribution in [-0.4, -0.2) is 31.3 Å². The lowest BCUT2D eigenvalue weighted by Gasteiger charge is -2.07. The van der Waals surface area contributed by atoms with Crippen molar-refractivity contribution in [3.05, 3.63) is 51.5 Å². The Labute approximate surface area is 153 Å². The molecule has 130 valence electrons. The summed E-state index contributed by atoms with van der Waals surface area (Å²) in [4.78, 5) is 18.2. The van der Waals surface area contributed by atoms with E-state index in [2.05, 4.69) is 4.99 Å². The second kappa shape index (κ2) is 8.24. The van der Waals surface area contributed by atoms with Crippen LogP contribution in [0.2, 0.25) is 0 Å². The van der Waals surface area contributed by atoms with Gasteiger partial charge in [-0.05, 0) is 29.7 Å². The first-order valence-corrected chi connectivity index (χ1v) is 9.38. The molecule has 0 aliphatic rings. The summed E-state index contributed by atoms with van der Waals surface area (Å²) >= 11 is 3.04. The molecule has 5 nitrogen and oxygen atoms in total. The maximum atomic E-state index is 12.2. The summed E-state index contributed by atoms with van der Waals surface area (Å²) < 4.78 is 13.7. The minimum absolute atomic E-state index is 0.287. The minimum Gasteiger partial charge on any atom is -0.495 e. The van der Waals surface area contributed by atoms with Crippen molar-refractivity contribution >= 4 is 44.9 Å². The second-order valence-corrected chi connectivity index (χ2v) is 7.12. The van der Waals surface area contributed by atoms with E-state index in [1.54, 1.807) is 31.6 Å². The van der Waals surface area contributed by atoms with E-state index in [0.29, 0.717) is 18.0 Å². The van der Waals surface area contributed by atoms with Crippen LogP contribution in [0.1, 0.15) is 4.88 Å². The number of nitrogens with zero attached hydrogens (tertiary/aromatic N) is 2. The number of amides is 1. The molecule has 0 saturated carbocycles. The summed E-state index contributed by atoms with van der Waals surface area (Å²) in [5, 5.41) is 1.97. The van der Waals surface area contributed by atoms with Gasteiger partial charge in [0.15, 0.2) is 4.80 Å². The summed E-state index contributed by atoms with van der Waals surface area (Å²) in [5.41, 5.74) is 0.931. The molecule has 1 amide bonds. The summed E-state index contributed by atoms with van der Waals surface area (Å²) in [5.74, 6) is 0.470. The van der Waals surface area contributed by atoms with Gasteiger partial charge < -0.3 is 14.0 Å². The number of thiazole rings is 1. The van der Waals surface area contributed by atoms with Gasteiger partial charge in [0.05, 0.1) is 18.4 Å². The van der Waals surface area contributed by atoms with Gasteiger partial charge in [-0.2, -0.15) is 4.99 Å². The van der Waals surface area contributed by atoms with Crippen LogP contribution in [0.3, 0.4) is 0 Å². The van der Waals surface area contributed by atoms with Crippen LogP contribution in [0, 0.1) is 0 Å². The third kappa shape index (κ3) is 4.07. The van der Waals surface area contributed by atoms with E-state index in [0.717, 1.165) is 20.8 Å². The predicted octanol–water partition coefficient (Wildman–Crippen LogP) is 3.56. The molecule has 0 saturated heterocycles. The van der Waals surface area contributed by atoms with E-state index in [1.807, 2.05) is 40.3 Å². The number of hydrogen-bond acceptors (Lipinski definition) is 5. The van der Waals surface area contributed by atoms with Crippen molar-refractivity contribution in [3.8, 4) is 5.75 Å². The molecule has 0 fully saturated rings. The molecular weight excluding hydrogens is 356 g/mol. The number of methoxy groups -OCH3 is 2. The van der Waals surface area contributed by atoms with E-state index < -0.39 is 0 Å². The molecular formula is C18H18N2O3S2. The Morgan fingerprint density at radius 3 is 2.88 bits per heavy atom. The molecule has 0 aliphatic carbocycles. The first kappa shape index (κ1) is 17.6. The third-order valence-electron chi connectivity index (χ3n) is 3.54. The van der Waals surface area contributed by atoms with Gasteiger partial charge in [0.2, 0.25) is 0 Å². The Morgan fingerprint density at radius 1 is 1.28 bits per heavy atom. The minimum atomic E-state index is -0.287. The molecule has 2 aromatic heterocycles. The fraction of sp³-hybridized carbons (Fsp3) is 0.222. The Hall–Kier alpha value is -2.22. The zero-order chi connectivity index (χ0) is 17.6. The molecule has 3 rings (SSSR count). The van der Waals surface area contributed by atoms with Gasteiger partial charge in [-0.25, -0.2) is 0 Å². The molecule has 2 heterocycles. The van der Waals surface area contributed by atoms with Gasteiger partial charge in [-0.15, -0.1) is 11.3 Å². The molecule has 1 aromatic carbocycles. The number of para-hydroxylation sites is 1. The van der Waals surface area contributed by atoms with Gasteiger partial charge in [-0.1, -0.05) is 23.5 Å². The molecule has 0 radical (unpaired) electrons. The van der Waals surface area contributed by atoms with Crippen LogP contribution in [0.4, 0.5) is 0 Å². The quantitative estimate of drug-likeness (QED) is 0.620. The standard InChI is InChI=1S/C18H18N2O3S2/c1-22-11-10-20-17-14(23-2)6-3-7-15(17)25-18(20)19-16(21)9-8-13-5-4-12-24-13/h3-9,12H,10-11H2,1-2H3. The molecule has 3 aromatic rings. The Morgan fingerprint density at radius 2 is 2.16 bits per heavy atom. The number of thiophene rings is 1. The first-order chi connectivity index (χ1) is 12.2. The zero-order valence-corrected chi connectivity index (χ0v) is 15.6. The topological polar surface area (TPSA) is 52.8 Å². The molecule has 0 unspecified atom stereocenters. The maximum Gasteiger partial charge on any atom is 0.272 e. The number of fused-ring (bicyclic) bond motifs is 1. The van der Waals surface area contributed by atoms with E-state index in [-0.39, 0.29) is 5.91 Å². The van der Waals surface area contributed by atoms with E-state index in [4.69, 9.17) is 9.47 Å². The number of carbonyl (C=O) groups excluding carboxylic acids is 1. The van der Waals surface area contributed by atoms with Gasteiger partial charge in [0, 0.05) is 24.6 Å². The van der Waals surface area contributed by atoms with Crippen molar-refractivity contribution in [3.63, 3.8) is 0 Å². The fourth-order valence-corrected chi connectivity index (χ4v) is 4.11. The van der Waals surface area contributed by atoms with Crippen molar-refractivity contribution in [1.82, 2.24) is 4.57 Å². The van der Waals surface area contributed by atoms with Crippen LogP contribution in [0.25, 0.3) is 16.3 Å². The molecule has 0 bridgehead atoms. The van der Waals surface area contributed by atoms with Crippen molar-refractivity contribution in [2.45, 2.75) is 6.54 Å². The van der Waals surface area contributed by atoms with Gasteiger partial charge in [0.25, 0.3) is 5.91 Å². The molecule has 25 heavy (non-hydrogen) atoms. The Balaban J connectivity index is 2.03. The molecule has 0 atom stereocenters. The monoisotopic (exact) mass is 374 g/mol. The van der Waals surface area contributed by atoms with Crippen molar-refractivity contribution < 1.29 is 14.3 Å². The van der Waals surface area contributed by atoms with E-state index >= 15 is 0 Å². The van der Waals surface area contributed by atoms with Crippen LogP contribution in [0.5, 0.6) is 5.75 Å². The zero-order valence-electron chi connectivity index (χ0n) is 14.0. The highest BCUT2D eigenvalue weighted by molar-refractivity contribution is 7.16. The van der Waals surface area contributed by atoms with Gasteiger partial charge in [-0.3, -0.25) is 4.79 Å². The van der Waals surface area contributed by atoms with Gasteiger partial charge in [0.1, 0.15) is 11.3 Å². The first-order valence-electron chi connectivity index (χ1n) is 7.68. The van der Waals surface area contributed by atoms with Crippen molar-refractivity contribution in [2.24, 2.45) is 4.99 Å². The molecule has 7 heteroatoms. The number of ether oxygens (including phenoxy) is 2. The highest BCUT2D eigenvalue weighted by Gasteiger charge is 2.11. The number of carbonyl (C=O) groups is 1. The Bertz CT molecular complexity index is 953. The van der Waals surface area contributed by atoms with E-state index in [1.165, 1.54) is 17.4 Å². The lowest BCUT2D eigenvalue weighted by molar-refractivity contribution is -0.113. The fourth-order valence-electron chi connectivity index (χ4n) is 2.41. The van der Waals surface area contributed by atoms with E-state index in [9.17, 15) is 4.79 Å². The molecule has 0 spiro atoms. The number of benzene rings is 1. The lowest BCUT2D eigenvalue weighted by Crippen LogP contribution is -2.19. The second-order valence-electron chi connectivity index (χ2n) is 5.13. The van der Waals surface area contributed by atoms with Crippen LogP contribution in [0.15, 0.2) is 46.8 Å². The lowest BCUT2D eigenvalue weighted by atomic mass is 10.3. The summed E-state index contributed by atoms with van der Waals surface area (Å²) in [6, 6.07) is 9.73. The molecule has 0 N–H and O–H groups in total. The number of hydrogen-bond donors (Lipinski definition) is 0. The maximum absolute atomic E-state index is 12.2. The normalized spacial score (nSPS) is 12.3. The average molecular weight is 374 g/mol. The third-order valence-corrected chi connectivity index (χ3v) is 5.42. The summed E-state index contributed by atoms with van der Waals surface area (Å²) in [6.07, 6.45) is 3.28. The SMILES string of the molecule is COCCn1c(=NC(=O)C=Cc2cccs2)sc2cccc(OC)c21. The largest absolute Gasteiger partial charge is 0.495 e. The highest BCUT2D eigenvalue weighted by atomic mass is 32.1. The van der Waals surface area contributed by atoms with Gasteiger partial charge >= 0.3 is 0 Å². The average Bonchev–Trinajstić information content (AvgIpc) is 3.25. The summed E-state index contributed by atoms with van der Waals surface area (Å²) in [6.45, 7) is 1.12. The smallest absolute Gasteiger partial charge is 0.272 e.